The first-order chi connectivity index (χ1) is 11.0. The highest BCUT2D eigenvalue weighted by Crippen LogP contribution is 2.30. The number of rotatable bonds is 1. The maximum atomic E-state index is 14.2. The first-order valence-corrected chi connectivity index (χ1v) is 7.51. The molecule has 0 unspecified atom stereocenters. The number of nitrogens with zero attached hydrogens (tertiary/aromatic N) is 4. The van der Waals surface area contributed by atoms with E-state index in [0.717, 1.165) is 16.6 Å². The van der Waals surface area contributed by atoms with Crippen LogP contribution in [0.5, 0.6) is 0 Å². The summed E-state index contributed by atoms with van der Waals surface area (Å²) < 4.78 is 14.2. The quantitative estimate of drug-likeness (QED) is 0.693. The monoisotopic (exact) mass is 306 g/mol. The molecule has 1 aliphatic heterocycles. The smallest absolute Gasteiger partial charge is 0.201 e. The van der Waals surface area contributed by atoms with Crippen molar-refractivity contribution < 1.29 is 4.39 Å². The van der Waals surface area contributed by atoms with Crippen molar-refractivity contribution in [3.63, 3.8) is 0 Å². The van der Waals surface area contributed by atoms with Gasteiger partial charge in [0.05, 0.1) is 11.1 Å². The lowest BCUT2D eigenvalue weighted by atomic mass is 9.86. The third kappa shape index (κ3) is 2.38. The van der Waals surface area contributed by atoms with Crippen LogP contribution in [-0.4, -0.2) is 26.4 Å². The maximum absolute atomic E-state index is 14.2. The number of halogens is 1. The first-order valence-electron chi connectivity index (χ1n) is 7.51. The molecule has 0 N–H and O–H groups in total. The molecule has 2 heterocycles. The van der Waals surface area contributed by atoms with E-state index in [4.69, 9.17) is 4.99 Å². The van der Waals surface area contributed by atoms with Crippen LogP contribution in [0.15, 0.2) is 47.5 Å². The zero-order valence-corrected chi connectivity index (χ0v) is 12.9. The molecule has 0 bridgehead atoms. The van der Waals surface area contributed by atoms with Crippen molar-refractivity contribution in [3.8, 4) is 0 Å². The molecule has 23 heavy (non-hydrogen) atoms. The predicted octanol–water partition coefficient (Wildman–Crippen LogP) is 3.34. The minimum absolute atomic E-state index is 0.211. The van der Waals surface area contributed by atoms with Crippen LogP contribution in [0.2, 0.25) is 0 Å². The molecule has 4 rings (SSSR count). The van der Waals surface area contributed by atoms with E-state index in [1.807, 2.05) is 44.2 Å². The van der Waals surface area contributed by atoms with Gasteiger partial charge in [-0.25, -0.2) is 9.37 Å². The van der Waals surface area contributed by atoms with Gasteiger partial charge < -0.3 is 0 Å². The van der Waals surface area contributed by atoms with Crippen LogP contribution in [-0.2, 0) is 6.42 Å². The zero-order chi connectivity index (χ0) is 16.0. The van der Waals surface area contributed by atoms with Gasteiger partial charge in [0, 0.05) is 12.0 Å². The molecule has 0 radical (unpaired) electrons. The summed E-state index contributed by atoms with van der Waals surface area (Å²) in [6.45, 7) is 3.97. The van der Waals surface area contributed by atoms with E-state index in [2.05, 4.69) is 15.2 Å². The molecule has 114 valence electrons. The molecular weight excluding hydrogens is 291 g/mol. The normalized spacial score (nSPS) is 16.0. The third-order valence-corrected chi connectivity index (χ3v) is 3.97. The lowest BCUT2D eigenvalue weighted by Crippen LogP contribution is -2.31. The molecule has 0 spiro atoms. The Morgan fingerprint density at radius 1 is 0.957 bits per heavy atom. The highest BCUT2D eigenvalue weighted by Gasteiger charge is 2.30. The van der Waals surface area contributed by atoms with Crippen LogP contribution < -0.4 is 0 Å². The Morgan fingerprint density at radius 3 is 2.57 bits per heavy atom. The van der Waals surface area contributed by atoms with E-state index in [9.17, 15) is 4.39 Å². The molecule has 0 saturated carbocycles. The number of aliphatic imine (C=N–C) groups is 1. The van der Waals surface area contributed by atoms with Gasteiger partial charge in [-0.1, -0.05) is 24.3 Å². The Morgan fingerprint density at radius 2 is 1.74 bits per heavy atom. The molecule has 0 saturated heterocycles. The summed E-state index contributed by atoms with van der Waals surface area (Å²) >= 11 is 0. The molecule has 0 aliphatic carbocycles. The van der Waals surface area contributed by atoms with Gasteiger partial charge in [-0.2, -0.15) is 0 Å². The van der Waals surface area contributed by atoms with Crippen LogP contribution in [0.3, 0.4) is 0 Å². The lowest BCUT2D eigenvalue weighted by molar-refractivity contribution is 0.492. The Hall–Kier alpha value is -2.69. The second kappa shape index (κ2) is 4.91. The molecule has 3 aromatic rings. The molecule has 4 nitrogen and oxygen atoms in total. The van der Waals surface area contributed by atoms with Gasteiger partial charge in [0.1, 0.15) is 17.0 Å². The van der Waals surface area contributed by atoms with E-state index >= 15 is 0 Å². The summed E-state index contributed by atoms with van der Waals surface area (Å²) in [4.78, 5) is 9.32. The van der Waals surface area contributed by atoms with Gasteiger partial charge in [0.2, 0.25) is 5.82 Å². The highest BCUT2D eigenvalue weighted by molar-refractivity contribution is 6.12. The molecule has 0 fully saturated rings. The second-order valence-electron chi connectivity index (χ2n) is 6.34. The fourth-order valence-electron chi connectivity index (χ4n) is 2.95. The second-order valence-corrected chi connectivity index (χ2v) is 6.34. The highest BCUT2D eigenvalue weighted by atomic mass is 19.1. The SMILES string of the molecule is CC1(C)Cc2c(F)cccc2C(c2nnc3ccccc3n2)=N1. The van der Waals surface area contributed by atoms with Crippen molar-refractivity contribution >= 4 is 16.7 Å². The number of fused-ring (bicyclic) bond motifs is 2. The molecule has 0 atom stereocenters. The lowest BCUT2D eigenvalue weighted by Gasteiger charge is -2.28. The third-order valence-electron chi connectivity index (χ3n) is 3.97. The Labute approximate surface area is 133 Å². The van der Waals surface area contributed by atoms with Crippen LogP contribution in [0.25, 0.3) is 11.0 Å². The van der Waals surface area contributed by atoms with Crippen LogP contribution in [0.4, 0.5) is 4.39 Å². The minimum Gasteiger partial charge on any atom is -0.274 e. The summed E-state index contributed by atoms with van der Waals surface area (Å²) in [6.07, 6.45) is 0.555. The summed E-state index contributed by atoms with van der Waals surface area (Å²) in [6, 6.07) is 12.6. The van der Waals surface area contributed by atoms with Crippen LogP contribution >= 0.6 is 0 Å². The summed E-state index contributed by atoms with van der Waals surface area (Å²) in [7, 11) is 0. The van der Waals surface area contributed by atoms with Gasteiger partial charge in [-0.15, -0.1) is 10.2 Å². The number of benzene rings is 2. The van der Waals surface area contributed by atoms with Crippen molar-refractivity contribution in [3.05, 3.63) is 65.2 Å². The van der Waals surface area contributed by atoms with Gasteiger partial charge >= 0.3 is 0 Å². The van der Waals surface area contributed by atoms with E-state index in [0.29, 0.717) is 23.5 Å². The van der Waals surface area contributed by atoms with Gasteiger partial charge in [-0.05, 0) is 37.6 Å². The van der Waals surface area contributed by atoms with Crippen molar-refractivity contribution in [1.82, 2.24) is 15.2 Å². The molecular formula is C18H15FN4. The number of aromatic nitrogens is 3. The number of para-hydroxylation sites is 1. The van der Waals surface area contributed by atoms with Crippen molar-refractivity contribution in [2.24, 2.45) is 4.99 Å². The number of hydrogen-bond donors (Lipinski definition) is 0. The fraction of sp³-hybridized carbons (Fsp3) is 0.222. The zero-order valence-electron chi connectivity index (χ0n) is 12.9. The van der Waals surface area contributed by atoms with Gasteiger partial charge in [-0.3, -0.25) is 4.99 Å². The standard InChI is InChI=1S/C18H15FN4/c1-18(2)10-12-11(6-5-7-13(12)19)16(21-18)17-20-14-8-3-4-9-15(14)22-23-17/h3-9H,10H2,1-2H3. The molecule has 1 aromatic heterocycles. The van der Waals surface area contributed by atoms with E-state index in [1.165, 1.54) is 6.07 Å². The van der Waals surface area contributed by atoms with Crippen LogP contribution in [0, 0.1) is 5.82 Å². The molecule has 0 amide bonds. The molecule has 2 aromatic carbocycles. The van der Waals surface area contributed by atoms with E-state index in [1.54, 1.807) is 6.07 Å². The number of hydrogen-bond acceptors (Lipinski definition) is 4. The minimum atomic E-state index is -0.403. The Bertz CT molecular complexity index is 947. The van der Waals surface area contributed by atoms with E-state index in [-0.39, 0.29) is 5.82 Å². The maximum Gasteiger partial charge on any atom is 0.201 e. The average Bonchev–Trinajstić information content (AvgIpc) is 2.54. The van der Waals surface area contributed by atoms with E-state index < -0.39 is 5.54 Å². The van der Waals surface area contributed by atoms with Crippen molar-refractivity contribution in [1.29, 1.82) is 0 Å². The Balaban J connectivity index is 1.95. The average molecular weight is 306 g/mol. The molecule has 1 aliphatic rings. The summed E-state index contributed by atoms with van der Waals surface area (Å²) in [5.74, 6) is 0.222. The predicted molar refractivity (Wildman–Crippen MR) is 87.2 cm³/mol. The Kier molecular flexibility index (Phi) is 2.98. The fourth-order valence-corrected chi connectivity index (χ4v) is 2.95. The van der Waals surface area contributed by atoms with Crippen molar-refractivity contribution in [2.45, 2.75) is 25.8 Å². The van der Waals surface area contributed by atoms with Crippen LogP contribution in [0.1, 0.15) is 30.8 Å². The first kappa shape index (κ1) is 13.9. The molecule has 5 heteroatoms. The van der Waals surface area contributed by atoms with Crippen molar-refractivity contribution in [2.75, 3.05) is 0 Å². The topological polar surface area (TPSA) is 51.0 Å². The van der Waals surface area contributed by atoms with Gasteiger partial charge in [0.15, 0.2) is 0 Å². The summed E-state index contributed by atoms with van der Waals surface area (Å²) in [5, 5.41) is 8.42. The summed E-state index contributed by atoms with van der Waals surface area (Å²) in [5.41, 5.74) is 3.10. The van der Waals surface area contributed by atoms with Gasteiger partial charge in [0.25, 0.3) is 0 Å². The largest absolute Gasteiger partial charge is 0.274 e.